The van der Waals surface area contributed by atoms with Crippen molar-refractivity contribution in [2.45, 2.75) is 39.5 Å². The number of ketones is 1. The Morgan fingerprint density at radius 1 is 0.868 bits per heavy atom. The molecule has 5 rings (SSSR count). The minimum atomic E-state index is -0.337. The van der Waals surface area contributed by atoms with Crippen molar-refractivity contribution in [2.75, 3.05) is 26.2 Å². The van der Waals surface area contributed by atoms with Gasteiger partial charge in [0.05, 0.1) is 0 Å². The first-order chi connectivity index (χ1) is 18.5. The smallest absolute Gasteiger partial charge is 0.308 e. The second-order valence-corrected chi connectivity index (χ2v) is 10.9. The lowest BCUT2D eigenvalue weighted by atomic mass is 9.98. The van der Waals surface area contributed by atoms with Gasteiger partial charge in [0.15, 0.2) is 5.78 Å². The molecule has 0 spiro atoms. The van der Waals surface area contributed by atoms with Crippen LogP contribution in [0.15, 0.2) is 66.7 Å². The summed E-state index contributed by atoms with van der Waals surface area (Å²) in [7, 11) is 0. The SMILES string of the molecule is CC(=O)Oc1ccc(-c2sc3cc(C(C)=O)ccc3c2Cc2ccc(OCCN3CCCCC3)cc2)cc1. The number of ether oxygens (including phenoxy) is 2. The summed E-state index contributed by atoms with van der Waals surface area (Å²) in [5.74, 6) is 1.15. The lowest BCUT2D eigenvalue weighted by molar-refractivity contribution is -0.131. The molecule has 0 unspecified atom stereocenters. The Balaban J connectivity index is 1.37. The van der Waals surface area contributed by atoms with Crippen LogP contribution in [0.4, 0.5) is 0 Å². The Hall–Kier alpha value is -3.48. The monoisotopic (exact) mass is 527 g/mol. The van der Waals surface area contributed by atoms with E-state index in [1.54, 1.807) is 18.3 Å². The third kappa shape index (κ3) is 6.32. The first kappa shape index (κ1) is 26.1. The van der Waals surface area contributed by atoms with E-state index in [4.69, 9.17) is 9.47 Å². The molecule has 2 heterocycles. The maximum atomic E-state index is 12.0. The van der Waals surface area contributed by atoms with Gasteiger partial charge in [-0.25, -0.2) is 0 Å². The predicted molar refractivity (Wildman–Crippen MR) is 154 cm³/mol. The average Bonchev–Trinajstić information content (AvgIpc) is 3.28. The fourth-order valence-electron chi connectivity index (χ4n) is 5.00. The lowest BCUT2D eigenvalue weighted by Crippen LogP contribution is -2.33. The third-order valence-corrected chi connectivity index (χ3v) is 8.25. The molecule has 0 saturated carbocycles. The van der Waals surface area contributed by atoms with E-state index >= 15 is 0 Å². The van der Waals surface area contributed by atoms with E-state index in [-0.39, 0.29) is 11.8 Å². The summed E-state index contributed by atoms with van der Waals surface area (Å²) in [6, 6.07) is 22.0. The fourth-order valence-corrected chi connectivity index (χ4v) is 6.27. The van der Waals surface area contributed by atoms with Crippen molar-refractivity contribution in [3.63, 3.8) is 0 Å². The van der Waals surface area contributed by atoms with E-state index in [0.717, 1.165) is 39.2 Å². The predicted octanol–water partition coefficient (Wildman–Crippen LogP) is 7.15. The topological polar surface area (TPSA) is 55.8 Å². The number of likely N-dealkylation sites (tertiary alicyclic amines) is 1. The van der Waals surface area contributed by atoms with Gasteiger partial charge in [0.1, 0.15) is 18.1 Å². The number of hydrogen-bond acceptors (Lipinski definition) is 6. The number of rotatable bonds is 9. The van der Waals surface area contributed by atoms with Crippen molar-refractivity contribution >= 4 is 33.2 Å². The van der Waals surface area contributed by atoms with Crippen LogP contribution in [0.2, 0.25) is 0 Å². The number of piperidine rings is 1. The molecule has 0 atom stereocenters. The molecule has 4 aromatic rings. The van der Waals surface area contributed by atoms with Crippen LogP contribution in [0.1, 0.15) is 54.6 Å². The van der Waals surface area contributed by atoms with Crippen molar-refractivity contribution in [3.05, 3.63) is 83.4 Å². The van der Waals surface area contributed by atoms with Crippen LogP contribution in [0, 0.1) is 0 Å². The van der Waals surface area contributed by atoms with Crippen LogP contribution in [-0.4, -0.2) is 42.9 Å². The van der Waals surface area contributed by atoms with Crippen LogP contribution in [0.25, 0.3) is 20.5 Å². The van der Waals surface area contributed by atoms with Crippen molar-refractivity contribution in [3.8, 4) is 21.9 Å². The molecule has 0 aliphatic carbocycles. The Morgan fingerprint density at radius 3 is 2.26 bits per heavy atom. The van der Waals surface area contributed by atoms with Crippen LogP contribution < -0.4 is 9.47 Å². The van der Waals surface area contributed by atoms with Crippen molar-refractivity contribution < 1.29 is 19.1 Å². The van der Waals surface area contributed by atoms with Gasteiger partial charge in [0, 0.05) is 28.6 Å². The van der Waals surface area contributed by atoms with Crippen molar-refractivity contribution in [2.24, 2.45) is 0 Å². The highest BCUT2D eigenvalue weighted by atomic mass is 32.1. The summed E-state index contributed by atoms with van der Waals surface area (Å²) in [6.07, 6.45) is 4.69. The summed E-state index contributed by atoms with van der Waals surface area (Å²) in [5.41, 5.74) is 4.19. The second kappa shape index (κ2) is 11.9. The molecular weight excluding hydrogens is 494 g/mol. The maximum absolute atomic E-state index is 12.0. The number of benzene rings is 3. The zero-order valence-electron chi connectivity index (χ0n) is 22.0. The molecular formula is C32H33NO4S. The fraction of sp³-hybridized carbons (Fsp3) is 0.312. The van der Waals surface area contributed by atoms with Crippen LogP contribution in [0.3, 0.4) is 0 Å². The molecule has 38 heavy (non-hydrogen) atoms. The molecule has 0 radical (unpaired) electrons. The quantitative estimate of drug-likeness (QED) is 0.131. The summed E-state index contributed by atoms with van der Waals surface area (Å²) in [4.78, 5) is 27.0. The first-order valence-electron chi connectivity index (χ1n) is 13.3. The number of fused-ring (bicyclic) bond motifs is 1. The molecule has 3 aromatic carbocycles. The molecule has 1 saturated heterocycles. The number of Topliss-reactive ketones (excluding diaryl/α,β-unsaturated/α-hetero) is 1. The Labute approximate surface area is 228 Å². The van der Waals surface area contributed by atoms with Crippen LogP contribution in [0.5, 0.6) is 11.5 Å². The van der Waals surface area contributed by atoms with Gasteiger partial charge in [-0.1, -0.05) is 30.7 Å². The molecule has 0 bridgehead atoms. The van der Waals surface area contributed by atoms with Gasteiger partial charge < -0.3 is 9.47 Å². The Bertz CT molecular complexity index is 1420. The van der Waals surface area contributed by atoms with Gasteiger partial charge in [0.25, 0.3) is 0 Å². The molecule has 5 nitrogen and oxygen atoms in total. The van der Waals surface area contributed by atoms with Gasteiger partial charge >= 0.3 is 5.97 Å². The Kier molecular flexibility index (Phi) is 8.20. The number of carbonyl (C=O) groups is 2. The standard InChI is InChI=1S/C32H33NO4S/c1-22(34)26-10-15-29-30(32(38-31(29)21-26)25-8-13-28(14-9-25)37-23(2)35)20-24-6-11-27(12-7-24)36-19-18-33-16-4-3-5-17-33/h6-15,21H,3-5,16-20H2,1-2H3. The van der Waals surface area contributed by atoms with Gasteiger partial charge in [-0.3, -0.25) is 14.5 Å². The zero-order chi connectivity index (χ0) is 26.5. The van der Waals surface area contributed by atoms with Crippen LogP contribution in [-0.2, 0) is 11.2 Å². The third-order valence-electron chi connectivity index (χ3n) is 7.01. The molecule has 6 heteroatoms. The van der Waals surface area contributed by atoms with Gasteiger partial charge in [-0.15, -0.1) is 11.3 Å². The van der Waals surface area contributed by atoms with Crippen molar-refractivity contribution in [1.82, 2.24) is 4.90 Å². The largest absolute Gasteiger partial charge is 0.492 e. The molecule has 0 N–H and O–H groups in total. The average molecular weight is 528 g/mol. The highest BCUT2D eigenvalue weighted by molar-refractivity contribution is 7.22. The van der Waals surface area contributed by atoms with Crippen LogP contribution >= 0.6 is 11.3 Å². The molecule has 1 fully saturated rings. The number of nitrogens with zero attached hydrogens (tertiary/aromatic N) is 1. The van der Waals surface area contributed by atoms with E-state index in [1.165, 1.54) is 50.4 Å². The molecule has 0 amide bonds. The number of esters is 1. The Morgan fingerprint density at radius 2 is 1.58 bits per heavy atom. The van der Waals surface area contributed by atoms with E-state index in [2.05, 4.69) is 35.2 Å². The number of carbonyl (C=O) groups excluding carboxylic acids is 2. The van der Waals surface area contributed by atoms with E-state index < -0.39 is 0 Å². The highest BCUT2D eigenvalue weighted by Crippen LogP contribution is 2.41. The molecule has 1 aliphatic rings. The van der Waals surface area contributed by atoms with E-state index in [0.29, 0.717) is 17.9 Å². The van der Waals surface area contributed by atoms with Crippen molar-refractivity contribution in [1.29, 1.82) is 0 Å². The zero-order valence-corrected chi connectivity index (χ0v) is 22.8. The minimum Gasteiger partial charge on any atom is -0.492 e. The number of hydrogen-bond donors (Lipinski definition) is 0. The van der Waals surface area contributed by atoms with Gasteiger partial charge in [0.2, 0.25) is 0 Å². The lowest BCUT2D eigenvalue weighted by Gasteiger charge is -2.26. The molecule has 1 aromatic heterocycles. The molecule has 1 aliphatic heterocycles. The summed E-state index contributed by atoms with van der Waals surface area (Å²) in [5, 5.41) is 1.15. The second-order valence-electron chi connectivity index (χ2n) is 9.87. The maximum Gasteiger partial charge on any atom is 0.308 e. The number of thiophene rings is 1. The highest BCUT2D eigenvalue weighted by Gasteiger charge is 2.16. The normalized spacial score (nSPS) is 13.9. The minimum absolute atomic E-state index is 0.0602. The van der Waals surface area contributed by atoms with Gasteiger partial charge in [-0.2, -0.15) is 0 Å². The first-order valence-corrected chi connectivity index (χ1v) is 14.1. The van der Waals surface area contributed by atoms with Gasteiger partial charge in [-0.05, 0) is 104 Å². The van der Waals surface area contributed by atoms with E-state index in [9.17, 15) is 9.59 Å². The summed E-state index contributed by atoms with van der Waals surface area (Å²) < 4.78 is 12.3. The summed E-state index contributed by atoms with van der Waals surface area (Å²) in [6.45, 7) is 7.04. The van der Waals surface area contributed by atoms with E-state index in [1.807, 2.05) is 36.4 Å². The molecule has 196 valence electrons. The summed E-state index contributed by atoms with van der Waals surface area (Å²) >= 11 is 1.69.